The van der Waals surface area contributed by atoms with Gasteiger partial charge in [-0.25, -0.2) is 4.98 Å². The van der Waals surface area contributed by atoms with Gasteiger partial charge in [0.1, 0.15) is 5.82 Å². The molecule has 1 aromatic rings. The molecule has 1 fully saturated rings. The van der Waals surface area contributed by atoms with E-state index in [0.717, 1.165) is 0 Å². The lowest BCUT2D eigenvalue weighted by Gasteiger charge is -2.14. The first-order valence-electron chi connectivity index (χ1n) is 5.02. The summed E-state index contributed by atoms with van der Waals surface area (Å²) >= 11 is 4.20. The average Bonchev–Trinajstić information content (AvgIpc) is 2.71. The highest BCUT2D eigenvalue weighted by molar-refractivity contribution is 7.80. The zero-order valence-corrected chi connectivity index (χ0v) is 9.52. The molecule has 2 rings (SSSR count). The van der Waals surface area contributed by atoms with Gasteiger partial charge in [-0.1, -0.05) is 0 Å². The molecule has 1 unspecified atom stereocenters. The first-order valence-corrected chi connectivity index (χ1v) is 5.65. The molecule has 0 bridgehead atoms. The molecule has 1 atom stereocenters. The number of anilines is 1. The van der Waals surface area contributed by atoms with E-state index in [4.69, 9.17) is 5.26 Å². The molecular weight excluding hydrogens is 222 g/mol. The second-order valence-electron chi connectivity index (χ2n) is 3.77. The average molecular weight is 233 g/mol. The van der Waals surface area contributed by atoms with E-state index in [0.29, 0.717) is 30.1 Å². The third-order valence-electron chi connectivity index (χ3n) is 2.61. The molecule has 4 nitrogen and oxygen atoms in total. The SMILES string of the molecule is N#Cc1ccnc(N2CC(CS)CC2=O)c1. The van der Waals surface area contributed by atoms with Crippen molar-refractivity contribution in [3.05, 3.63) is 23.9 Å². The number of carbonyl (C=O) groups excluding carboxylic acids is 1. The Balaban J connectivity index is 2.25. The Labute approximate surface area is 99.3 Å². The molecule has 5 heteroatoms. The second kappa shape index (κ2) is 4.54. The van der Waals surface area contributed by atoms with E-state index in [9.17, 15) is 4.79 Å². The van der Waals surface area contributed by atoms with Crippen LogP contribution in [0.1, 0.15) is 12.0 Å². The van der Waals surface area contributed by atoms with Crippen LogP contribution in [-0.2, 0) is 4.79 Å². The Bertz CT molecular complexity index is 455. The topological polar surface area (TPSA) is 57.0 Å². The van der Waals surface area contributed by atoms with Gasteiger partial charge in [0.15, 0.2) is 0 Å². The summed E-state index contributed by atoms with van der Waals surface area (Å²) < 4.78 is 0. The number of carbonyl (C=O) groups is 1. The zero-order chi connectivity index (χ0) is 11.5. The Morgan fingerprint density at radius 1 is 1.69 bits per heavy atom. The van der Waals surface area contributed by atoms with Crippen LogP contribution < -0.4 is 4.90 Å². The van der Waals surface area contributed by atoms with Crippen molar-refractivity contribution < 1.29 is 4.79 Å². The first kappa shape index (κ1) is 11.0. The van der Waals surface area contributed by atoms with Crippen LogP contribution in [-0.4, -0.2) is 23.2 Å². The highest BCUT2D eigenvalue weighted by Gasteiger charge is 2.30. The summed E-state index contributed by atoms with van der Waals surface area (Å²) in [6.45, 7) is 0.643. The Morgan fingerprint density at radius 3 is 3.12 bits per heavy atom. The van der Waals surface area contributed by atoms with E-state index in [1.165, 1.54) is 0 Å². The number of amides is 1. The highest BCUT2D eigenvalue weighted by Crippen LogP contribution is 2.24. The molecular formula is C11H11N3OS. The quantitative estimate of drug-likeness (QED) is 0.782. The summed E-state index contributed by atoms with van der Waals surface area (Å²) in [6.07, 6.45) is 2.07. The van der Waals surface area contributed by atoms with E-state index in [2.05, 4.69) is 17.6 Å². The van der Waals surface area contributed by atoms with Crippen LogP contribution in [0.15, 0.2) is 18.3 Å². The number of pyridine rings is 1. The monoisotopic (exact) mass is 233 g/mol. The minimum absolute atomic E-state index is 0.0571. The molecule has 16 heavy (non-hydrogen) atoms. The van der Waals surface area contributed by atoms with Gasteiger partial charge in [0.25, 0.3) is 0 Å². The molecule has 1 aromatic heterocycles. The zero-order valence-electron chi connectivity index (χ0n) is 8.63. The van der Waals surface area contributed by atoms with Crippen molar-refractivity contribution in [1.82, 2.24) is 4.98 Å². The maximum Gasteiger partial charge on any atom is 0.228 e. The van der Waals surface area contributed by atoms with Crippen LogP contribution in [0.3, 0.4) is 0 Å². The molecule has 0 radical (unpaired) electrons. The Hall–Kier alpha value is -1.54. The van der Waals surface area contributed by atoms with Crippen LogP contribution >= 0.6 is 12.6 Å². The number of nitriles is 1. The van der Waals surface area contributed by atoms with Crippen molar-refractivity contribution in [2.24, 2.45) is 5.92 Å². The minimum Gasteiger partial charge on any atom is -0.296 e. The summed E-state index contributed by atoms with van der Waals surface area (Å²) in [5.41, 5.74) is 0.520. The van der Waals surface area contributed by atoms with Crippen molar-refractivity contribution in [1.29, 1.82) is 5.26 Å². The smallest absolute Gasteiger partial charge is 0.228 e. The maximum atomic E-state index is 11.7. The molecule has 2 heterocycles. The van der Waals surface area contributed by atoms with E-state index in [1.807, 2.05) is 6.07 Å². The maximum absolute atomic E-state index is 11.7. The second-order valence-corrected chi connectivity index (χ2v) is 4.14. The molecule has 1 aliphatic rings. The molecule has 1 aliphatic heterocycles. The predicted octanol–water partition coefficient (Wildman–Crippen LogP) is 1.24. The van der Waals surface area contributed by atoms with Crippen LogP contribution in [0.25, 0.3) is 0 Å². The van der Waals surface area contributed by atoms with Crippen molar-refractivity contribution in [2.45, 2.75) is 6.42 Å². The van der Waals surface area contributed by atoms with Gasteiger partial charge in [-0.2, -0.15) is 17.9 Å². The third kappa shape index (κ3) is 2.02. The summed E-state index contributed by atoms with van der Waals surface area (Å²) in [4.78, 5) is 17.5. The molecule has 1 saturated heterocycles. The Kier molecular flexibility index (Phi) is 3.11. The van der Waals surface area contributed by atoms with E-state index in [1.54, 1.807) is 23.2 Å². The largest absolute Gasteiger partial charge is 0.296 e. The van der Waals surface area contributed by atoms with E-state index >= 15 is 0 Å². The van der Waals surface area contributed by atoms with Gasteiger partial charge in [-0.3, -0.25) is 9.69 Å². The molecule has 82 valence electrons. The van der Waals surface area contributed by atoms with Crippen molar-refractivity contribution in [3.8, 4) is 6.07 Å². The van der Waals surface area contributed by atoms with Gasteiger partial charge in [0.05, 0.1) is 11.6 Å². The molecule has 1 amide bonds. The summed E-state index contributed by atoms with van der Waals surface area (Å²) in [6, 6.07) is 5.30. The fraction of sp³-hybridized carbons (Fsp3) is 0.364. The van der Waals surface area contributed by atoms with E-state index in [-0.39, 0.29) is 11.8 Å². The number of hydrogen-bond donors (Lipinski definition) is 1. The summed E-state index contributed by atoms with van der Waals surface area (Å²) in [5, 5.41) is 8.78. The van der Waals surface area contributed by atoms with Crippen molar-refractivity contribution in [2.75, 3.05) is 17.2 Å². The Morgan fingerprint density at radius 2 is 2.50 bits per heavy atom. The van der Waals surface area contributed by atoms with Crippen molar-refractivity contribution >= 4 is 24.4 Å². The highest BCUT2D eigenvalue weighted by atomic mass is 32.1. The van der Waals surface area contributed by atoms with Gasteiger partial charge in [-0.05, 0) is 23.8 Å². The van der Waals surface area contributed by atoms with Gasteiger partial charge >= 0.3 is 0 Å². The fourth-order valence-electron chi connectivity index (χ4n) is 1.76. The summed E-state index contributed by atoms with van der Waals surface area (Å²) in [7, 11) is 0. The fourth-order valence-corrected chi connectivity index (χ4v) is 2.01. The molecule has 0 aromatic carbocycles. The van der Waals surface area contributed by atoms with Gasteiger partial charge in [-0.15, -0.1) is 0 Å². The molecule has 0 aliphatic carbocycles. The number of thiol groups is 1. The third-order valence-corrected chi connectivity index (χ3v) is 3.13. The van der Waals surface area contributed by atoms with Crippen molar-refractivity contribution in [3.63, 3.8) is 0 Å². The lowest BCUT2D eigenvalue weighted by Crippen LogP contribution is -2.25. The van der Waals surface area contributed by atoms with Gasteiger partial charge < -0.3 is 0 Å². The van der Waals surface area contributed by atoms with Gasteiger partial charge in [0, 0.05) is 19.2 Å². The lowest BCUT2D eigenvalue weighted by molar-refractivity contribution is -0.117. The molecule has 0 saturated carbocycles. The number of hydrogen-bond acceptors (Lipinski definition) is 4. The van der Waals surface area contributed by atoms with Crippen LogP contribution in [0.2, 0.25) is 0 Å². The predicted molar refractivity (Wildman–Crippen MR) is 63.3 cm³/mol. The number of rotatable bonds is 2. The van der Waals surface area contributed by atoms with Gasteiger partial charge in [0.2, 0.25) is 5.91 Å². The number of nitrogens with zero attached hydrogens (tertiary/aromatic N) is 3. The first-order chi connectivity index (χ1) is 7.74. The molecule has 0 N–H and O–H groups in total. The molecule has 0 spiro atoms. The van der Waals surface area contributed by atoms with Crippen LogP contribution in [0.4, 0.5) is 5.82 Å². The standard InChI is InChI=1S/C11H11N3OS/c12-5-8-1-2-13-10(3-8)14-6-9(7-16)4-11(14)15/h1-3,9,16H,4,6-7H2. The van der Waals surface area contributed by atoms with Crippen LogP contribution in [0.5, 0.6) is 0 Å². The lowest BCUT2D eigenvalue weighted by atomic mass is 10.1. The van der Waals surface area contributed by atoms with E-state index < -0.39 is 0 Å². The summed E-state index contributed by atoms with van der Waals surface area (Å²) in [5.74, 6) is 1.60. The minimum atomic E-state index is 0.0571. The van der Waals surface area contributed by atoms with Crippen LogP contribution in [0, 0.1) is 17.2 Å². The normalized spacial score (nSPS) is 19.9. The number of aromatic nitrogens is 1.